The zero-order valence-corrected chi connectivity index (χ0v) is 41.0. The molecule has 0 spiro atoms. The van der Waals surface area contributed by atoms with Gasteiger partial charge in [-0.2, -0.15) is 0 Å². The molecule has 4 aromatic carbocycles. The van der Waals surface area contributed by atoms with Gasteiger partial charge in [-0.05, 0) is 0 Å². The van der Waals surface area contributed by atoms with E-state index >= 15 is 0 Å². The SMILES string of the molecule is CCC1=Cc2c(-c3ccc(C45CC6CC(CC(C6)C4)C5)cc3)cccc2[CH]1[Zr]([Cl])([Cl])([CH]1C(C)=Cc2c(-c3ccc(C45CC6CC(CC(C6)C4)C5)cc3)cccc21)[SiH](C)C. The molecule has 0 heterocycles. The monoisotopic (exact) mass is 911 g/mol. The summed E-state index contributed by atoms with van der Waals surface area (Å²) in [7, 11) is 17.5. The van der Waals surface area contributed by atoms with Crippen LogP contribution in [0.4, 0.5) is 0 Å². The molecule has 10 aliphatic carbocycles. The molecular weight excluding hydrogens is 851 g/mol. The van der Waals surface area contributed by atoms with Crippen molar-refractivity contribution in [2.75, 3.05) is 0 Å². The van der Waals surface area contributed by atoms with Crippen molar-refractivity contribution in [3.63, 3.8) is 0 Å². The first-order valence-electron chi connectivity index (χ1n) is 23.9. The molecule has 8 fully saturated rings. The van der Waals surface area contributed by atoms with Crippen molar-refractivity contribution in [2.45, 2.75) is 128 Å². The van der Waals surface area contributed by atoms with E-state index in [2.05, 4.69) is 124 Å². The Labute approximate surface area is 363 Å². The first-order chi connectivity index (χ1) is 28.4. The number of fused-ring (bicyclic) bond motifs is 2. The third-order valence-electron chi connectivity index (χ3n) is 18.7. The number of rotatable bonds is 8. The van der Waals surface area contributed by atoms with Crippen molar-refractivity contribution in [2.24, 2.45) is 35.5 Å². The Morgan fingerprint density at radius 3 is 1.32 bits per heavy atom. The molecule has 10 aliphatic rings. The summed E-state index contributed by atoms with van der Waals surface area (Å²) in [5, 5.41) is 0. The quantitative estimate of drug-likeness (QED) is 0.155. The van der Waals surface area contributed by atoms with E-state index in [4.69, 9.17) is 17.0 Å². The van der Waals surface area contributed by atoms with E-state index in [1.807, 2.05) is 0 Å². The molecule has 59 heavy (non-hydrogen) atoms. The molecule has 305 valence electrons. The van der Waals surface area contributed by atoms with Gasteiger partial charge in [-0.25, -0.2) is 0 Å². The average Bonchev–Trinajstić information content (AvgIpc) is 3.78. The summed E-state index contributed by atoms with van der Waals surface area (Å²) in [6.45, 7) is 9.67. The number of hydrogen-bond donors (Lipinski definition) is 0. The predicted octanol–water partition coefficient (Wildman–Crippen LogP) is 15.9. The Kier molecular flexibility index (Phi) is 8.87. The minimum absolute atomic E-state index is 0.113. The van der Waals surface area contributed by atoms with Crippen LogP contribution in [0.1, 0.15) is 138 Å². The van der Waals surface area contributed by atoms with Gasteiger partial charge in [0.1, 0.15) is 0 Å². The van der Waals surface area contributed by atoms with E-state index in [1.54, 1.807) is 11.1 Å². The fourth-order valence-electron chi connectivity index (χ4n) is 17.0. The molecule has 0 aromatic heterocycles. The van der Waals surface area contributed by atoms with Gasteiger partial charge in [0.2, 0.25) is 0 Å². The van der Waals surface area contributed by atoms with Crippen LogP contribution in [0.5, 0.6) is 0 Å². The zero-order chi connectivity index (χ0) is 40.1. The van der Waals surface area contributed by atoms with Gasteiger partial charge >= 0.3 is 366 Å². The van der Waals surface area contributed by atoms with Gasteiger partial charge < -0.3 is 0 Å². The standard InChI is InChI=1S/C27H29.C26H27.C2H7Si.2ClH.Zr/c1-2-18-13-23-4-3-5-25(26(23)14-18)22-6-8-24(9-7-22)27-15-19-10-20(16-27)12-21(11-19)17-27;1-17-9-22-3-2-4-24(25(22)10-17)21-5-7-23(8-6-21)26-14-18-11-19(15-26)13-20(12-18)16-26;1-3-2;;;/h3-9,13-14,19-21H,2,10-12,15-17H2,1H3;2-10,18-20H,11-16H2,1H3;3H,1-2H3;2*1H;/q;;;;;+2/p-2. The molecule has 0 aliphatic heterocycles. The van der Waals surface area contributed by atoms with E-state index in [1.165, 1.54) is 133 Å². The first-order valence-corrected chi connectivity index (χ1v) is 40.2. The second-order valence-electron chi connectivity index (χ2n) is 22.4. The molecule has 0 nitrogen and oxygen atoms in total. The Morgan fingerprint density at radius 1 is 0.542 bits per heavy atom. The maximum absolute atomic E-state index is 8.76. The van der Waals surface area contributed by atoms with Crippen LogP contribution in [-0.4, -0.2) is 5.92 Å². The summed E-state index contributed by atoms with van der Waals surface area (Å²) in [6, 6.07) is 34.0. The molecule has 8 saturated carbocycles. The summed E-state index contributed by atoms with van der Waals surface area (Å²) in [5.74, 6) is 4.14. The van der Waals surface area contributed by atoms with Crippen molar-refractivity contribution < 1.29 is 15.6 Å². The van der Waals surface area contributed by atoms with E-state index in [0.717, 1.165) is 41.9 Å². The van der Waals surface area contributed by atoms with Crippen molar-refractivity contribution in [1.29, 1.82) is 0 Å². The molecule has 14 rings (SSSR count). The summed E-state index contributed by atoms with van der Waals surface area (Å²) in [4.78, 5) is 0. The second kappa shape index (κ2) is 13.5. The van der Waals surface area contributed by atoms with E-state index in [0.29, 0.717) is 10.8 Å². The van der Waals surface area contributed by atoms with Crippen LogP contribution in [0.15, 0.2) is 96.1 Å². The van der Waals surface area contributed by atoms with Gasteiger partial charge in [0, 0.05) is 0 Å². The number of halogens is 2. The van der Waals surface area contributed by atoms with Crippen molar-refractivity contribution in [3.8, 4) is 22.3 Å². The van der Waals surface area contributed by atoms with Crippen LogP contribution in [0.2, 0.25) is 13.1 Å². The molecule has 2 atom stereocenters. The number of hydrogen-bond acceptors (Lipinski definition) is 0. The van der Waals surface area contributed by atoms with Crippen molar-refractivity contribution in [3.05, 3.63) is 129 Å². The van der Waals surface area contributed by atoms with Gasteiger partial charge in [-0.1, -0.05) is 0 Å². The van der Waals surface area contributed by atoms with Crippen LogP contribution in [0.25, 0.3) is 34.4 Å². The molecule has 8 bridgehead atoms. The van der Waals surface area contributed by atoms with Crippen molar-refractivity contribution >= 4 is 35.1 Å². The van der Waals surface area contributed by atoms with Gasteiger partial charge in [0.25, 0.3) is 0 Å². The molecule has 0 saturated heterocycles. The van der Waals surface area contributed by atoms with Crippen molar-refractivity contribution in [1.82, 2.24) is 0 Å². The van der Waals surface area contributed by atoms with Gasteiger partial charge in [0.05, 0.1) is 0 Å². The number of benzene rings is 4. The first kappa shape index (κ1) is 38.7. The van der Waals surface area contributed by atoms with Crippen LogP contribution in [0, 0.1) is 35.5 Å². The Bertz CT molecular complexity index is 2360. The van der Waals surface area contributed by atoms with Crippen LogP contribution in [0.3, 0.4) is 0 Å². The third-order valence-corrected chi connectivity index (χ3v) is 70.8. The molecule has 0 radical (unpaired) electrons. The van der Waals surface area contributed by atoms with E-state index < -0.39 is 21.5 Å². The summed E-state index contributed by atoms with van der Waals surface area (Å²) in [5.41, 5.74) is 17.8. The number of allylic oxidation sites excluding steroid dienone is 2. The molecule has 2 unspecified atom stereocenters. The zero-order valence-electron chi connectivity index (χ0n) is 35.9. The summed E-state index contributed by atoms with van der Waals surface area (Å²) < 4.78 is 0.238. The molecule has 0 amide bonds. The van der Waals surface area contributed by atoms with Gasteiger partial charge in [0.15, 0.2) is 0 Å². The summed E-state index contributed by atoms with van der Waals surface area (Å²) >= 11 is -4.82. The topological polar surface area (TPSA) is 0 Å². The predicted molar refractivity (Wildman–Crippen MR) is 251 cm³/mol. The molecule has 4 heteroatoms. The van der Waals surface area contributed by atoms with Gasteiger partial charge in [-0.3, -0.25) is 0 Å². The third kappa shape index (κ3) is 5.66. The van der Waals surface area contributed by atoms with E-state index in [9.17, 15) is 0 Å². The van der Waals surface area contributed by atoms with Crippen LogP contribution in [-0.2, 0) is 26.4 Å². The maximum atomic E-state index is 8.76. The Hall–Kier alpha value is -1.96. The Morgan fingerprint density at radius 2 is 0.932 bits per heavy atom. The minimum atomic E-state index is -4.82. The van der Waals surface area contributed by atoms with Gasteiger partial charge in [-0.15, -0.1) is 0 Å². The molecule has 0 N–H and O–H groups in total. The second-order valence-corrected chi connectivity index (χ2v) is 64.9. The fraction of sp³-hybridized carbons (Fsp3) is 0.491. The summed E-state index contributed by atoms with van der Waals surface area (Å²) in [6.07, 6.45) is 23.4. The van der Waals surface area contributed by atoms with Crippen LogP contribution >= 0.6 is 17.0 Å². The van der Waals surface area contributed by atoms with Crippen LogP contribution < -0.4 is 0 Å². The normalized spacial score (nSPS) is 35.4. The Balaban J connectivity index is 0.894. The average molecular weight is 914 g/mol. The molecule has 4 aromatic rings. The molecular formula is C55H63Cl2SiZr. The fourth-order valence-corrected chi connectivity index (χ4v) is 49.3. The van der Waals surface area contributed by atoms with E-state index in [-0.39, 0.29) is 7.25 Å².